The molecule has 8 aromatic rings. The van der Waals surface area contributed by atoms with Crippen LogP contribution >= 0.6 is 0 Å². The molecule has 8 aromatic carbocycles. The number of hydrogen-bond acceptors (Lipinski definition) is 1. The Kier molecular flexibility index (Phi) is 8.90. The van der Waals surface area contributed by atoms with Crippen molar-refractivity contribution < 1.29 is 0 Å². The molecule has 0 radical (unpaired) electrons. The summed E-state index contributed by atoms with van der Waals surface area (Å²) in [5, 5.41) is 2.56. The normalized spacial score (nSPS) is 14.6. The highest BCUT2D eigenvalue weighted by Crippen LogP contribution is 2.52. The summed E-state index contributed by atoms with van der Waals surface area (Å²) >= 11 is 0. The molecule has 1 saturated carbocycles. The Morgan fingerprint density at radius 3 is 1.84 bits per heavy atom. The molecule has 0 unspecified atom stereocenters. The zero-order valence-corrected chi connectivity index (χ0v) is 33.3. The van der Waals surface area contributed by atoms with Gasteiger partial charge >= 0.3 is 0 Å². The largest absolute Gasteiger partial charge is 0.310 e. The Bertz CT molecular complexity index is 2730. The molecule has 0 N–H and O–H groups in total. The highest BCUT2D eigenvalue weighted by molar-refractivity contribution is 6.07. The van der Waals surface area contributed by atoms with E-state index in [1.807, 2.05) is 0 Å². The molecule has 1 heteroatoms. The number of fused-ring (bicyclic) bond motifs is 4. The van der Waals surface area contributed by atoms with E-state index in [1.165, 1.54) is 121 Å². The average molecular weight is 736 g/mol. The van der Waals surface area contributed by atoms with Crippen molar-refractivity contribution >= 4 is 27.8 Å². The summed E-state index contributed by atoms with van der Waals surface area (Å²) < 4.78 is 0. The molecule has 57 heavy (non-hydrogen) atoms. The third-order valence-electron chi connectivity index (χ3n) is 12.9. The number of nitrogens with zero attached hydrogens (tertiary/aromatic N) is 1. The second kappa shape index (κ2) is 14.4. The van der Waals surface area contributed by atoms with Gasteiger partial charge in [-0.1, -0.05) is 173 Å². The molecule has 0 aliphatic heterocycles. The average Bonchev–Trinajstić information content (AvgIpc) is 3.49. The molecule has 10 rings (SSSR count). The van der Waals surface area contributed by atoms with E-state index in [0.29, 0.717) is 5.92 Å². The van der Waals surface area contributed by atoms with Gasteiger partial charge in [-0.2, -0.15) is 0 Å². The van der Waals surface area contributed by atoms with Gasteiger partial charge < -0.3 is 4.90 Å². The molecule has 1 fully saturated rings. The molecule has 0 amide bonds. The first kappa shape index (κ1) is 35.2. The highest BCUT2D eigenvalue weighted by atomic mass is 15.1. The number of rotatable bonds is 7. The van der Waals surface area contributed by atoms with Crippen LogP contribution in [0.25, 0.3) is 55.3 Å². The molecule has 2 aliphatic carbocycles. The van der Waals surface area contributed by atoms with Crippen LogP contribution in [0.15, 0.2) is 176 Å². The summed E-state index contributed by atoms with van der Waals surface area (Å²) in [5.74, 6) is 0.618. The maximum atomic E-state index is 2.51. The minimum Gasteiger partial charge on any atom is -0.310 e. The summed E-state index contributed by atoms with van der Waals surface area (Å²) in [6.07, 6.45) is 6.55. The Balaban J connectivity index is 1.15. The van der Waals surface area contributed by atoms with Crippen LogP contribution < -0.4 is 4.90 Å². The lowest BCUT2D eigenvalue weighted by Gasteiger charge is -2.31. The molecule has 0 heterocycles. The molecular weight excluding hydrogens is 687 g/mol. The van der Waals surface area contributed by atoms with Crippen LogP contribution in [-0.2, 0) is 5.41 Å². The molecule has 0 saturated heterocycles. The van der Waals surface area contributed by atoms with Gasteiger partial charge in [0.1, 0.15) is 0 Å². The zero-order chi connectivity index (χ0) is 38.5. The summed E-state index contributed by atoms with van der Waals surface area (Å²) in [6.45, 7) is 6.96. The van der Waals surface area contributed by atoms with E-state index in [0.717, 1.165) is 5.69 Å². The first-order valence-electron chi connectivity index (χ1n) is 20.9. The van der Waals surface area contributed by atoms with Gasteiger partial charge in [0, 0.05) is 22.4 Å². The Morgan fingerprint density at radius 1 is 0.456 bits per heavy atom. The first-order chi connectivity index (χ1) is 27.9. The van der Waals surface area contributed by atoms with E-state index in [4.69, 9.17) is 0 Å². The van der Waals surface area contributed by atoms with Gasteiger partial charge in [-0.05, 0) is 134 Å². The second-order valence-corrected chi connectivity index (χ2v) is 16.8. The monoisotopic (exact) mass is 735 g/mol. The van der Waals surface area contributed by atoms with E-state index < -0.39 is 0 Å². The fourth-order valence-electron chi connectivity index (χ4n) is 10.00. The zero-order valence-electron chi connectivity index (χ0n) is 33.3. The minimum absolute atomic E-state index is 0.103. The number of benzene rings is 8. The van der Waals surface area contributed by atoms with Crippen LogP contribution in [0.1, 0.15) is 74.1 Å². The molecule has 2 aliphatic rings. The van der Waals surface area contributed by atoms with Gasteiger partial charge in [0.2, 0.25) is 0 Å². The lowest BCUT2D eigenvalue weighted by Crippen LogP contribution is -2.17. The van der Waals surface area contributed by atoms with Crippen LogP contribution in [0.4, 0.5) is 17.1 Å². The van der Waals surface area contributed by atoms with Gasteiger partial charge in [0.15, 0.2) is 0 Å². The smallest absolute Gasteiger partial charge is 0.0540 e. The Morgan fingerprint density at radius 2 is 1.09 bits per heavy atom. The number of anilines is 3. The van der Waals surface area contributed by atoms with Crippen LogP contribution in [0.2, 0.25) is 0 Å². The van der Waals surface area contributed by atoms with E-state index in [-0.39, 0.29) is 5.41 Å². The van der Waals surface area contributed by atoms with Crippen molar-refractivity contribution in [2.75, 3.05) is 4.90 Å². The summed E-state index contributed by atoms with van der Waals surface area (Å²) in [6, 6.07) is 66.1. The van der Waals surface area contributed by atoms with E-state index in [2.05, 4.69) is 202 Å². The van der Waals surface area contributed by atoms with Crippen LogP contribution in [0.5, 0.6) is 0 Å². The Labute approximate surface area is 338 Å². The van der Waals surface area contributed by atoms with Crippen molar-refractivity contribution in [3.05, 3.63) is 198 Å². The van der Waals surface area contributed by atoms with Crippen molar-refractivity contribution in [2.24, 2.45) is 0 Å². The lowest BCUT2D eigenvalue weighted by molar-refractivity contribution is 0.444. The second-order valence-electron chi connectivity index (χ2n) is 16.8. The van der Waals surface area contributed by atoms with Crippen LogP contribution in [0, 0.1) is 6.92 Å². The third-order valence-corrected chi connectivity index (χ3v) is 12.9. The van der Waals surface area contributed by atoms with Crippen LogP contribution in [0.3, 0.4) is 0 Å². The molecule has 0 spiro atoms. The molecule has 0 atom stereocenters. The predicted molar refractivity (Wildman–Crippen MR) is 243 cm³/mol. The van der Waals surface area contributed by atoms with E-state index >= 15 is 0 Å². The van der Waals surface area contributed by atoms with Crippen molar-refractivity contribution in [1.82, 2.24) is 0 Å². The maximum Gasteiger partial charge on any atom is 0.0540 e. The van der Waals surface area contributed by atoms with Crippen molar-refractivity contribution in [3.63, 3.8) is 0 Å². The van der Waals surface area contributed by atoms with Gasteiger partial charge in [-0.3, -0.25) is 0 Å². The van der Waals surface area contributed by atoms with Gasteiger partial charge in [0.25, 0.3) is 0 Å². The summed E-state index contributed by atoms with van der Waals surface area (Å²) in [7, 11) is 0. The maximum absolute atomic E-state index is 2.51. The van der Waals surface area contributed by atoms with Crippen molar-refractivity contribution in [3.8, 4) is 44.5 Å². The molecule has 1 nitrogen and oxygen atoms in total. The fraction of sp³-hybridized carbons (Fsp3) is 0.179. The predicted octanol–water partition coefficient (Wildman–Crippen LogP) is 16.0. The van der Waals surface area contributed by atoms with Crippen molar-refractivity contribution in [2.45, 2.75) is 64.2 Å². The highest BCUT2D eigenvalue weighted by Gasteiger charge is 2.36. The van der Waals surface area contributed by atoms with Crippen molar-refractivity contribution in [1.29, 1.82) is 0 Å². The van der Waals surface area contributed by atoms with Crippen LogP contribution in [-0.4, -0.2) is 0 Å². The van der Waals surface area contributed by atoms with Gasteiger partial charge in [0.05, 0.1) is 5.69 Å². The summed E-state index contributed by atoms with van der Waals surface area (Å²) in [4.78, 5) is 2.51. The number of hydrogen-bond donors (Lipinski definition) is 0. The SMILES string of the molecule is Cc1cc(-c2ccccc2)c2c(-c3ccc(N(c4ccc5c(c4)C(C)(C)c4ccccc4-5)c4ccc(C5CCCCC5)cc4-c4ccccc4)cc3)cccc2c1. The standard InChI is InChI=1S/C56H49N/c1-38-34-44-22-15-24-47(55(44)51(35-38)41-20-11-6-12-21-41)42-26-29-45(30-27-42)57(46-31-32-49-48-23-13-14-25-52(48)56(2,3)53(49)37-46)54-33-28-43(39-16-7-4-8-17-39)36-50(54)40-18-9-5-10-19-40/h5-6,9-15,18-37,39H,4,7-8,16-17H2,1-3H3. The summed E-state index contributed by atoms with van der Waals surface area (Å²) in [5.41, 5.74) is 19.1. The lowest BCUT2D eigenvalue weighted by atomic mass is 9.82. The molecule has 278 valence electrons. The minimum atomic E-state index is -0.103. The van der Waals surface area contributed by atoms with E-state index in [9.17, 15) is 0 Å². The molecule has 0 bridgehead atoms. The van der Waals surface area contributed by atoms with Gasteiger partial charge in [-0.25, -0.2) is 0 Å². The topological polar surface area (TPSA) is 3.24 Å². The fourth-order valence-corrected chi connectivity index (χ4v) is 10.00. The quantitative estimate of drug-likeness (QED) is 0.158. The first-order valence-corrected chi connectivity index (χ1v) is 20.9. The van der Waals surface area contributed by atoms with Gasteiger partial charge in [-0.15, -0.1) is 0 Å². The number of aryl methyl sites for hydroxylation is 1. The third kappa shape index (κ3) is 6.27. The van der Waals surface area contributed by atoms with E-state index in [1.54, 1.807) is 0 Å². The molecular formula is C56H49N. The Hall–Kier alpha value is -6.18. The molecule has 0 aromatic heterocycles.